The highest BCUT2D eigenvalue weighted by Crippen LogP contribution is 2.74. The maximum atomic E-state index is 4.94. The quantitative estimate of drug-likeness (QED) is 0.337. The molecule has 206 valence electrons. The first-order valence-corrected chi connectivity index (χ1v) is 15.9. The van der Waals surface area contributed by atoms with Crippen molar-refractivity contribution >= 4 is 0 Å². The molecular weight excluding hydrogens is 444 g/mol. The van der Waals surface area contributed by atoms with Crippen molar-refractivity contribution < 1.29 is 0 Å². The first kappa shape index (κ1) is 27.5. The van der Waals surface area contributed by atoms with Gasteiger partial charge in [0.15, 0.2) is 0 Å². The van der Waals surface area contributed by atoms with E-state index in [1.807, 2.05) is 0 Å². The van der Waals surface area contributed by atoms with Gasteiger partial charge in [-0.15, -0.1) is 0 Å². The Bertz CT molecular complexity index is 1040. The van der Waals surface area contributed by atoms with Gasteiger partial charge >= 0.3 is 0 Å². The minimum absolute atomic E-state index is 0.0767. The molecule has 0 aromatic carbocycles. The largest absolute Gasteiger partial charge is 0.0996 e. The van der Waals surface area contributed by atoms with Crippen LogP contribution in [0.25, 0.3) is 0 Å². The number of hydrogen-bond donors (Lipinski definition) is 0. The summed E-state index contributed by atoms with van der Waals surface area (Å²) < 4.78 is 0. The van der Waals surface area contributed by atoms with E-state index in [9.17, 15) is 0 Å². The second kappa shape index (κ2) is 8.73. The van der Waals surface area contributed by atoms with E-state index in [4.69, 9.17) is 19.7 Å². The Balaban J connectivity index is 1.59. The smallest absolute Gasteiger partial charge is 0.0182 e. The highest BCUT2D eigenvalue weighted by atomic mass is 14.7. The van der Waals surface area contributed by atoms with Crippen molar-refractivity contribution in [2.45, 2.75) is 132 Å². The molecule has 0 bridgehead atoms. The molecule has 0 aromatic heterocycles. The van der Waals surface area contributed by atoms with E-state index in [2.05, 4.69) is 55.4 Å². The van der Waals surface area contributed by atoms with Crippen LogP contribution in [0.5, 0.6) is 0 Å². The molecule has 5 aliphatic rings. The Morgan fingerprint density at radius 2 is 1.54 bits per heavy atom. The fourth-order valence-corrected chi connectivity index (χ4v) is 12.4. The standard InChI is InChI=1S/C37H58/c1-24(2)36(35(11)19-18-33(9)16-12-14-26(5)31(33)28(35)7)20-21-37(25(3)4)29(8)32-27(6)15-13-17-34(32,10)22-30(37)23-36/h26,28,30-31H,1,3,8,12-23H2,2,4-7,9-11H3. The van der Waals surface area contributed by atoms with Gasteiger partial charge in [0.25, 0.3) is 0 Å². The van der Waals surface area contributed by atoms with E-state index >= 15 is 0 Å². The first-order chi connectivity index (χ1) is 17.2. The Hall–Kier alpha value is -1.04. The molecular formula is C37H58. The van der Waals surface area contributed by atoms with Gasteiger partial charge in [-0.1, -0.05) is 83.9 Å². The second-order valence-corrected chi connectivity index (χ2v) is 16.0. The lowest BCUT2D eigenvalue weighted by Crippen LogP contribution is -2.60. The minimum atomic E-state index is 0.0767. The molecule has 0 heterocycles. The van der Waals surface area contributed by atoms with Crippen LogP contribution in [-0.2, 0) is 0 Å². The first-order valence-electron chi connectivity index (χ1n) is 15.9. The summed E-state index contributed by atoms with van der Waals surface area (Å²) >= 11 is 0. The summed E-state index contributed by atoms with van der Waals surface area (Å²) in [6.45, 7) is 34.8. The number of allylic oxidation sites excluding steroid dienone is 5. The molecule has 0 aliphatic heterocycles. The summed E-state index contributed by atoms with van der Waals surface area (Å²) in [6.07, 6.45) is 16.1. The summed E-state index contributed by atoms with van der Waals surface area (Å²) in [6, 6.07) is 0. The number of fused-ring (bicyclic) bond motifs is 3. The van der Waals surface area contributed by atoms with Gasteiger partial charge in [0.1, 0.15) is 0 Å². The van der Waals surface area contributed by atoms with Crippen LogP contribution in [0.1, 0.15) is 132 Å². The van der Waals surface area contributed by atoms with Crippen molar-refractivity contribution in [3.8, 4) is 0 Å². The van der Waals surface area contributed by atoms with Crippen molar-refractivity contribution in [1.82, 2.24) is 0 Å². The molecule has 0 aromatic rings. The fraction of sp³-hybridized carbons (Fsp3) is 0.784. The molecule has 0 nitrogen and oxygen atoms in total. The molecule has 0 amide bonds. The van der Waals surface area contributed by atoms with Crippen LogP contribution >= 0.6 is 0 Å². The van der Waals surface area contributed by atoms with Gasteiger partial charge in [-0.05, 0) is 141 Å². The predicted molar refractivity (Wildman–Crippen MR) is 161 cm³/mol. The van der Waals surface area contributed by atoms with E-state index in [-0.39, 0.29) is 16.2 Å². The Labute approximate surface area is 230 Å². The van der Waals surface area contributed by atoms with Gasteiger partial charge < -0.3 is 0 Å². The van der Waals surface area contributed by atoms with Crippen molar-refractivity contribution in [2.75, 3.05) is 0 Å². The lowest BCUT2D eigenvalue weighted by atomic mass is 9.36. The zero-order valence-corrected chi connectivity index (χ0v) is 25.9. The Morgan fingerprint density at radius 3 is 2.19 bits per heavy atom. The third kappa shape index (κ3) is 3.51. The highest BCUT2D eigenvalue weighted by Gasteiger charge is 2.65. The van der Waals surface area contributed by atoms with E-state index in [1.165, 1.54) is 93.8 Å². The zero-order valence-electron chi connectivity index (χ0n) is 25.9. The van der Waals surface area contributed by atoms with Crippen LogP contribution < -0.4 is 0 Å². The van der Waals surface area contributed by atoms with Crippen molar-refractivity contribution in [1.29, 1.82) is 0 Å². The van der Waals surface area contributed by atoms with Gasteiger partial charge in [0, 0.05) is 5.41 Å². The van der Waals surface area contributed by atoms with Crippen LogP contribution in [0.3, 0.4) is 0 Å². The van der Waals surface area contributed by atoms with Crippen LogP contribution in [0.2, 0.25) is 0 Å². The van der Waals surface area contributed by atoms with Crippen LogP contribution in [-0.4, -0.2) is 0 Å². The Kier molecular flexibility index (Phi) is 6.49. The van der Waals surface area contributed by atoms with E-state index in [0.29, 0.717) is 16.7 Å². The maximum absolute atomic E-state index is 4.94. The Morgan fingerprint density at radius 1 is 0.838 bits per heavy atom. The lowest BCUT2D eigenvalue weighted by Gasteiger charge is -2.68. The summed E-state index contributed by atoms with van der Waals surface area (Å²) in [4.78, 5) is 0. The van der Waals surface area contributed by atoms with Crippen molar-refractivity contribution in [2.24, 2.45) is 50.7 Å². The normalized spacial score (nSPS) is 50.1. The summed E-state index contributed by atoms with van der Waals surface area (Å²) in [5.41, 5.74) is 9.01. The van der Waals surface area contributed by atoms with Crippen molar-refractivity contribution in [3.63, 3.8) is 0 Å². The van der Waals surface area contributed by atoms with Crippen molar-refractivity contribution in [3.05, 3.63) is 47.6 Å². The third-order valence-corrected chi connectivity index (χ3v) is 14.3. The molecule has 4 saturated carbocycles. The fourth-order valence-electron chi connectivity index (χ4n) is 12.4. The molecule has 5 rings (SSSR count). The van der Waals surface area contributed by atoms with Gasteiger partial charge in [-0.3, -0.25) is 0 Å². The van der Waals surface area contributed by atoms with Crippen LogP contribution in [0.4, 0.5) is 0 Å². The van der Waals surface area contributed by atoms with Gasteiger partial charge in [-0.25, -0.2) is 0 Å². The molecule has 0 radical (unpaired) electrons. The van der Waals surface area contributed by atoms with E-state index in [0.717, 1.165) is 17.8 Å². The highest BCUT2D eigenvalue weighted by molar-refractivity contribution is 5.51. The summed E-state index contributed by atoms with van der Waals surface area (Å²) in [7, 11) is 0. The maximum Gasteiger partial charge on any atom is 0.0182 e. The van der Waals surface area contributed by atoms with Gasteiger partial charge in [0.2, 0.25) is 0 Å². The molecule has 37 heavy (non-hydrogen) atoms. The van der Waals surface area contributed by atoms with Gasteiger partial charge in [0.05, 0.1) is 0 Å². The minimum Gasteiger partial charge on any atom is -0.0996 e. The third-order valence-electron chi connectivity index (χ3n) is 14.3. The van der Waals surface area contributed by atoms with Crippen LogP contribution in [0.15, 0.2) is 47.6 Å². The zero-order chi connectivity index (χ0) is 27.2. The topological polar surface area (TPSA) is 0 Å². The van der Waals surface area contributed by atoms with E-state index < -0.39 is 0 Å². The number of hydrogen-bond acceptors (Lipinski definition) is 0. The number of rotatable bonds is 3. The van der Waals surface area contributed by atoms with Crippen LogP contribution in [0, 0.1) is 50.7 Å². The monoisotopic (exact) mass is 502 g/mol. The molecule has 4 fully saturated rings. The lowest BCUT2D eigenvalue weighted by molar-refractivity contribution is -0.151. The average molecular weight is 503 g/mol. The second-order valence-electron chi connectivity index (χ2n) is 16.0. The van der Waals surface area contributed by atoms with Gasteiger partial charge in [-0.2, -0.15) is 0 Å². The average Bonchev–Trinajstić information content (AvgIpc) is 2.80. The molecule has 9 atom stereocenters. The summed E-state index contributed by atoms with van der Waals surface area (Å²) in [5.74, 6) is 3.06. The molecule has 0 heteroatoms. The molecule has 5 aliphatic carbocycles. The SMILES string of the molecule is C=C(C)C12CCC(C(=C)C)(C3(C)CCC4(C)CCCC(C)C4C3C)CC1CC1(C)CCCC(C)=C1C2=C. The molecule has 0 saturated heterocycles. The molecule has 0 N–H and O–H groups in total. The molecule has 9 unspecified atom stereocenters. The molecule has 0 spiro atoms. The summed E-state index contributed by atoms with van der Waals surface area (Å²) in [5, 5.41) is 0. The van der Waals surface area contributed by atoms with E-state index in [1.54, 1.807) is 11.1 Å². The predicted octanol–water partition coefficient (Wildman–Crippen LogP) is 11.3.